The highest BCUT2D eigenvalue weighted by molar-refractivity contribution is 7.99. The average molecular weight is 254 g/mol. The summed E-state index contributed by atoms with van der Waals surface area (Å²) in [5.74, 6) is -0.0592. The third-order valence-corrected chi connectivity index (χ3v) is 4.06. The highest BCUT2D eigenvalue weighted by Crippen LogP contribution is 2.41. The van der Waals surface area contributed by atoms with E-state index in [1.54, 1.807) is 0 Å². The zero-order valence-corrected chi connectivity index (χ0v) is 11.0. The number of hydrogen-bond acceptors (Lipinski definition) is 3. The van der Waals surface area contributed by atoms with E-state index in [0.717, 1.165) is 17.1 Å². The van der Waals surface area contributed by atoms with E-state index in [9.17, 15) is 4.79 Å². The molecule has 0 spiro atoms. The SMILES string of the molecule is CCC(C)n1nc(C2CC2)cc1SCC(=O)O. The van der Waals surface area contributed by atoms with E-state index in [2.05, 4.69) is 25.0 Å². The van der Waals surface area contributed by atoms with Gasteiger partial charge in [0, 0.05) is 5.92 Å². The Morgan fingerprint density at radius 2 is 2.41 bits per heavy atom. The number of thioether (sulfide) groups is 1. The molecular formula is C12H18N2O2S. The number of carboxylic acid groups (broad SMARTS) is 1. The molecule has 1 N–H and O–H groups in total. The lowest BCUT2D eigenvalue weighted by molar-refractivity contribution is -0.133. The minimum Gasteiger partial charge on any atom is -0.481 e. The lowest BCUT2D eigenvalue weighted by Crippen LogP contribution is -2.08. The Hall–Kier alpha value is -0.970. The van der Waals surface area contributed by atoms with E-state index in [0.29, 0.717) is 12.0 Å². The average Bonchev–Trinajstić information content (AvgIpc) is 3.06. The van der Waals surface area contributed by atoms with Crippen LogP contribution in [0.15, 0.2) is 11.1 Å². The van der Waals surface area contributed by atoms with Crippen molar-refractivity contribution in [3.63, 3.8) is 0 Å². The first-order valence-electron chi connectivity index (χ1n) is 6.05. The van der Waals surface area contributed by atoms with Crippen LogP contribution < -0.4 is 0 Å². The van der Waals surface area contributed by atoms with E-state index in [4.69, 9.17) is 5.11 Å². The van der Waals surface area contributed by atoms with Crippen molar-refractivity contribution in [2.24, 2.45) is 0 Å². The maximum atomic E-state index is 10.6. The van der Waals surface area contributed by atoms with Gasteiger partial charge in [-0.2, -0.15) is 5.10 Å². The molecule has 0 aromatic carbocycles. The molecule has 94 valence electrons. The van der Waals surface area contributed by atoms with Crippen molar-refractivity contribution < 1.29 is 9.90 Å². The summed E-state index contributed by atoms with van der Waals surface area (Å²) >= 11 is 1.37. The molecule has 1 aromatic heterocycles. The Kier molecular flexibility index (Phi) is 3.76. The second-order valence-electron chi connectivity index (χ2n) is 4.57. The molecule has 1 atom stereocenters. The van der Waals surface area contributed by atoms with Crippen LogP contribution in [-0.4, -0.2) is 26.6 Å². The minimum absolute atomic E-state index is 0.103. The van der Waals surface area contributed by atoms with Gasteiger partial charge in [0.05, 0.1) is 22.5 Å². The second-order valence-corrected chi connectivity index (χ2v) is 5.56. The number of hydrogen-bond donors (Lipinski definition) is 1. The summed E-state index contributed by atoms with van der Waals surface area (Å²) in [6, 6.07) is 2.40. The molecule has 1 saturated carbocycles. The zero-order chi connectivity index (χ0) is 12.4. The summed E-state index contributed by atoms with van der Waals surface area (Å²) in [7, 11) is 0. The predicted molar refractivity (Wildman–Crippen MR) is 67.6 cm³/mol. The minimum atomic E-state index is -0.778. The molecule has 0 bridgehead atoms. The summed E-state index contributed by atoms with van der Waals surface area (Å²) in [5, 5.41) is 14.4. The van der Waals surface area contributed by atoms with Crippen molar-refractivity contribution in [2.45, 2.75) is 50.1 Å². The van der Waals surface area contributed by atoms with Crippen molar-refractivity contribution in [3.8, 4) is 0 Å². The van der Waals surface area contributed by atoms with Crippen molar-refractivity contribution in [2.75, 3.05) is 5.75 Å². The topological polar surface area (TPSA) is 55.1 Å². The molecule has 0 amide bonds. The molecule has 0 saturated heterocycles. The largest absolute Gasteiger partial charge is 0.481 e. The molecule has 1 aliphatic rings. The summed E-state index contributed by atoms with van der Waals surface area (Å²) in [4.78, 5) is 10.6. The number of nitrogens with zero attached hydrogens (tertiary/aromatic N) is 2. The van der Waals surface area contributed by atoms with Gasteiger partial charge in [0.2, 0.25) is 0 Å². The van der Waals surface area contributed by atoms with E-state index in [1.165, 1.54) is 24.6 Å². The molecule has 0 radical (unpaired) electrons. The van der Waals surface area contributed by atoms with Crippen LogP contribution in [0.25, 0.3) is 0 Å². The number of carbonyl (C=O) groups is 1. The summed E-state index contributed by atoms with van der Waals surface area (Å²) < 4.78 is 1.99. The van der Waals surface area contributed by atoms with Crippen molar-refractivity contribution in [3.05, 3.63) is 11.8 Å². The van der Waals surface area contributed by atoms with Gasteiger partial charge in [-0.25, -0.2) is 0 Å². The maximum Gasteiger partial charge on any atom is 0.313 e. The fourth-order valence-corrected chi connectivity index (χ4v) is 2.53. The van der Waals surface area contributed by atoms with Gasteiger partial charge in [0.15, 0.2) is 0 Å². The standard InChI is InChI=1S/C12H18N2O2S/c1-3-8(2)14-11(17-7-12(15)16)6-10(13-14)9-4-5-9/h6,8-9H,3-5,7H2,1-2H3,(H,15,16). The van der Waals surface area contributed by atoms with Crippen LogP contribution in [-0.2, 0) is 4.79 Å². The third kappa shape index (κ3) is 3.03. The third-order valence-electron chi connectivity index (χ3n) is 3.07. The predicted octanol–water partition coefficient (Wildman–Crippen LogP) is 2.91. The number of carboxylic acids is 1. The van der Waals surface area contributed by atoms with E-state index in [1.807, 2.05) is 4.68 Å². The molecule has 5 heteroatoms. The first-order valence-corrected chi connectivity index (χ1v) is 7.04. The summed E-state index contributed by atoms with van der Waals surface area (Å²) in [6.45, 7) is 4.24. The highest BCUT2D eigenvalue weighted by atomic mass is 32.2. The van der Waals surface area contributed by atoms with Crippen molar-refractivity contribution >= 4 is 17.7 Å². The Balaban J connectivity index is 2.17. The van der Waals surface area contributed by atoms with Crippen LogP contribution in [0.2, 0.25) is 0 Å². The monoisotopic (exact) mass is 254 g/mol. The Morgan fingerprint density at radius 1 is 1.71 bits per heavy atom. The Bertz CT molecular complexity index is 413. The van der Waals surface area contributed by atoms with Crippen molar-refractivity contribution in [1.29, 1.82) is 0 Å². The Labute approximate surface area is 105 Å². The van der Waals surface area contributed by atoms with Gasteiger partial charge in [-0.05, 0) is 32.3 Å². The number of rotatable bonds is 6. The van der Waals surface area contributed by atoms with Gasteiger partial charge in [0.25, 0.3) is 0 Å². The van der Waals surface area contributed by atoms with Crippen molar-refractivity contribution in [1.82, 2.24) is 9.78 Å². The first-order chi connectivity index (χ1) is 8.11. The molecule has 1 fully saturated rings. The van der Waals surface area contributed by atoms with Crippen LogP contribution in [0.5, 0.6) is 0 Å². The van der Waals surface area contributed by atoms with Crippen LogP contribution in [0.3, 0.4) is 0 Å². The molecule has 1 heterocycles. The van der Waals surface area contributed by atoms with Gasteiger partial charge < -0.3 is 5.11 Å². The maximum absolute atomic E-state index is 10.6. The lowest BCUT2D eigenvalue weighted by atomic mass is 10.3. The highest BCUT2D eigenvalue weighted by Gasteiger charge is 2.28. The normalized spacial score (nSPS) is 17.1. The molecule has 4 nitrogen and oxygen atoms in total. The van der Waals surface area contributed by atoms with Gasteiger partial charge >= 0.3 is 5.97 Å². The van der Waals surface area contributed by atoms with Crippen LogP contribution in [0.1, 0.15) is 50.8 Å². The summed E-state index contributed by atoms with van der Waals surface area (Å²) in [6.07, 6.45) is 3.45. The zero-order valence-electron chi connectivity index (χ0n) is 10.2. The van der Waals surface area contributed by atoms with Gasteiger partial charge in [-0.15, -0.1) is 0 Å². The fraction of sp³-hybridized carbons (Fsp3) is 0.667. The van der Waals surface area contributed by atoms with E-state index in [-0.39, 0.29) is 5.75 Å². The fourth-order valence-electron chi connectivity index (χ4n) is 1.71. The Morgan fingerprint density at radius 3 is 2.94 bits per heavy atom. The molecule has 0 aliphatic heterocycles. The quantitative estimate of drug-likeness (QED) is 0.793. The van der Waals surface area contributed by atoms with Crippen LogP contribution in [0.4, 0.5) is 0 Å². The van der Waals surface area contributed by atoms with E-state index < -0.39 is 5.97 Å². The van der Waals surface area contributed by atoms with Gasteiger partial charge in [-0.3, -0.25) is 9.48 Å². The molecular weight excluding hydrogens is 236 g/mol. The second kappa shape index (κ2) is 5.12. The number of aliphatic carboxylic acids is 1. The molecule has 1 aliphatic carbocycles. The molecule has 17 heavy (non-hydrogen) atoms. The van der Waals surface area contributed by atoms with Gasteiger partial charge in [-0.1, -0.05) is 18.7 Å². The molecule has 2 rings (SSSR count). The molecule has 1 unspecified atom stereocenters. The smallest absolute Gasteiger partial charge is 0.313 e. The molecule has 1 aromatic rings. The number of aromatic nitrogens is 2. The van der Waals surface area contributed by atoms with E-state index >= 15 is 0 Å². The lowest BCUT2D eigenvalue weighted by Gasteiger charge is -2.12. The van der Waals surface area contributed by atoms with Crippen LogP contribution in [0, 0.1) is 0 Å². The van der Waals surface area contributed by atoms with Crippen LogP contribution >= 0.6 is 11.8 Å². The first kappa shape index (κ1) is 12.5. The summed E-state index contributed by atoms with van der Waals surface area (Å²) in [5.41, 5.74) is 1.14. The van der Waals surface area contributed by atoms with Gasteiger partial charge in [0.1, 0.15) is 0 Å².